The predicted octanol–water partition coefficient (Wildman–Crippen LogP) is 3.05. The number of hydrogen-bond acceptors (Lipinski definition) is 6. The maximum absolute atomic E-state index is 12.4. The smallest absolute Gasteiger partial charge is 0.230 e. The lowest BCUT2D eigenvalue weighted by Gasteiger charge is -2.13. The van der Waals surface area contributed by atoms with Crippen LogP contribution >= 0.6 is 11.8 Å². The maximum Gasteiger partial charge on any atom is 0.230 e. The number of nitrogens with one attached hydrogen (secondary N) is 1. The van der Waals surface area contributed by atoms with Crippen molar-refractivity contribution in [3.8, 4) is 11.5 Å². The lowest BCUT2D eigenvalue weighted by Crippen LogP contribution is -2.25. The molecule has 0 radical (unpaired) electrons. The zero-order chi connectivity index (χ0) is 19.7. The van der Waals surface area contributed by atoms with Crippen LogP contribution in [0.1, 0.15) is 49.7 Å². The van der Waals surface area contributed by atoms with Gasteiger partial charge in [0, 0.05) is 30.1 Å². The van der Waals surface area contributed by atoms with Gasteiger partial charge in [-0.05, 0) is 45.7 Å². The van der Waals surface area contributed by atoms with Crippen molar-refractivity contribution in [2.75, 3.05) is 12.4 Å². The van der Waals surface area contributed by atoms with E-state index < -0.39 is 0 Å². The van der Waals surface area contributed by atoms with Crippen molar-refractivity contribution in [3.05, 3.63) is 29.1 Å². The predicted molar refractivity (Wildman–Crippen MR) is 107 cm³/mol. The van der Waals surface area contributed by atoms with Gasteiger partial charge in [-0.25, -0.2) is 0 Å². The molecule has 0 spiro atoms. The molecule has 2 aromatic rings. The van der Waals surface area contributed by atoms with Gasteiger partial charge in [-0.2, -0.15) is 0 Å². The maximum atomic E-state index is 12.4. The van der Waals surface area contributed by atoms with Gasteiger partial charge in [-0.3, -0.25) is 4.79 Å². The minimum Gasteiger partial charge on any atom is -0.494 e. The van der Waals surface area contributed by atoms with Crippen LogP contribution in [0.5, 0.6) is 11.5 Å². The number of fused-ring (bicyclic) bond motifs is 1. The summed E-state index contributed by atoms with van der Waals surface area (Å²) in [5, 5.41) is 12.2. The van der Waals surface area contributed by atoms with Gasteiger partial charge < -0.3 is 19.4 Å². The van der Waals surface area contributed by atoms with Crippen molar-refractivity contribution in [3.63, 3.8) is 0 Å². The van der Waals surface area contributed by atoms with Crippen LogP contribution in [0.4, 0.5) is 0 Å². The number of carbonyl (C=O) groups excluding carboxylic acids is 1. The lowest BCUT2D eigenvalue weighted by molar-refractivity contribution is -0.118. The molecule has 1 amide bonds. The fraction of sp³-hybridized carbons (Fsp3) is 0.550. The molecule has 1 N–H and O–H groups in total. The van der Waals surface area contributed by atoms with E-state index in [1.165, 1.54) is 11.8 Å². The Morgan fingerprint density at radius 3 is 2.96 bits per heavy atom. The van der Waals surface area contributed by atoms with Crippen molar-refractivity contribution >= 4 is 17.7 Å². The van der Waals surface area contributed by atoms with E-state index in [1.54, 1.807) is 0 Å². The highest BCUT2D eigenvalue weighted by molar-refractivity contribution is 7.99. The number of benzene rings is 1. The average Bonchev–Trinajstić information content (AvgIpc) is 3.33. The molecule has 4 rings (SSSR count). The van der Waals surface area contributed by atoms with Gasteiger partial charge >= 0.3 is 0 Å². The highest BCUT2D eigenvalue weighted by atomic mass is 32.2. The van der Waals surface area contributed by atoms with Gasteiger partial charge in [0.15, 0.2) is 5.16 Å². The number of amides is 1. The normalized spacial score (nSPS) is 17.9. The van der Waals surface area contributed by atoms with Crippen LogP contribution in [0.3, 0.4) is 0 Å². The highest BCUT2D eigenvalue weighted by Gasteiger charge is 2.28. The van der Waals surface area contributed by atoms with Gasteiger partial charge in [-0.1, -0.05) is 11.8 Å². The van der Waals surface area contributed by atoms with Gasteiger partial charge in [-0.15, -0.1) is 10.2 Å². The van der Waals surface area contributed by atoms with Crippen molar-refractivity contribution in [1.82, 2.24) is 20.1 Å². The van der Waals surface area contributed by atoms with Gasteiger partial charge in [0.2, 0.25) is 5.91 Å². The summed E-state index contributed by atoms with van der Waals surface area (Å²) in [6.07, 6.45) is 3.40. The molecule has 7 nitrogen and oxygen atoms in total. The molecule has 1 saturated carbocycles. The molecule has 1 aromatic carbocycles. The largest absolute Gasteiger partial charge is 0.494 e. The van der Waals surface area contributed by atoms with Crippen molar-refractivity contribution in [2.24, 2.45) is 0 Å². The van der Waals surface area contributed by atoms with E-state index in [9.17, 15) is 4.79 Å². The average molecular weight is 403 g/mol. The minimum absolute atomic E-state index is 0.0368. The van der Waals surface area contributed by atoms with Gasteiger partial charge in [0.05, 0.1) is 12.4 Å². The fourth-order valence-corrected chi connectivity index (χ4v) is 4.37. The zero-order valence-corrected chi connectivity index (χ0v) is 17.3. The summed E-state index contributed by atoms with van der Waals surface area (Å²) >= 11 is 1.44. The van der Waals surface area contributed by atoms with E-state index in [2.05, 4.69) is 27.0 Å². The summed E-state index contributed by atoms with van der Waals surface area (Å²) < 4.78 is 13.8. The molecule has 1 aromatic heterocycles. The van der Waals surface area contributed by atoms with Crippen molar-refractivity contribution < 1.29 is 14.3 Å². The summed E-state index contributed by atoms with van der Waals surface area (Å²) in [6.45, 7) is 6.97. The second kappa shape index (κ2) is 8.03. The first-order chi connectivity index (χ1) is 13.5. The Balaban J connectivity index is 1.36. The van der Waals surface area contributed by atoms with Crippen LogP contribution in [-0.2, 0) is 17.8 Å². The Morgan fingerprint density at radius 1 is 1.39 bits per heavy atom. The van der Waals surface area contributed by atoms with E-state index in [1.807, 2.05) is 26.0 Å². The van der Waals surface area contributed by atoms with E-state index in [0.29, 0.717) is 24.9 Å². The summed E-state index contributed by atoms with van der Waals surface area (Å²) in [7, 11) is 0. The molecule has 1 aliphatic heterocycles. The second-order valence-corrected chi connectivity index (χ2v) is 8.27. The Hall–Kier alpha value is -2.22. The number of rotatable bonds is 8. The van der Waals surface area contributed by atoms with E-state index >= 15 is 0 Å². The van der Waals surface area contributed by atoms with E-state index in [-0.39, 0.29) is 12.0 Å². The first-order valence-electron chi connectivity index (χ1n) is 9.81. The van der Waals surface area contributed by atoms with Crippen LogP contribution in [0, 0.1) is 6.92 Å². The Morgan fingerprint density at radius 2 is 2.21 bits per heavy atom. The number of ether oxygens (including phenoxy) is 2. The number of nitrogens with zero attached hydrogens (tertiary/aromatic N) is 3. The van der Waals surface area contributed by atoms with Crippen LogP contribution in [0.25, 0.3) is 0 Å². The third-order valence-corrected chi connectivity index (χ3v) is 5.88. The number of aryl methyl sites for hydroxylation is 1. The Bertz CT molecular complexity index is 879. The molecule has 150 valence electrons. The Labute approximate surface area is 169 Å². The van der Waals surface area contributed by atoms with Crippen LogP contribution in [0.2, 0.25) is 0 Å². The van der Waals surface area contributed by atoms with Gasteiger partial charge in [0.25, 0.3) is 0 Å². The monoisotopic (exact) mass is 402 g/mol. The number of aromatic nitrogens is 3. The van der Waals surface area contributed by atoms with Crippen molar-refractivity contribution in [2.45, 2.75) is 63.9 Å². The quantitative estimate of drug-likeness (QED) is 0.684. The van der Waals surface area contributed by atoms with Crippen molar-refractivity contribution in [1.29, 1.82) is 0 Å². The molecule has 2 aliphatic rings. The number of thioether (sulfide) groups is 1. The summed E-state index contributed by atoms with van der Waals surface area (Å²) in [5.41, 5.74) is 2.10. The summed E-state index contributed by atoms with van der Waals surface area (Å²) in [4.78, 5) is 12.4. The number of hydrogen-bond donors (Lipinski definition) is 1. The molecule has 0 saturated heterocycles. The summed E-state index contributed by atoms with van der Waals surface area (Å²) in [5.74, 6) is 2.90. The molecule has 8 heteroatoms. The molecule has 1 fully saturated rings. The molecule has 1 atom stereocenters. The zero-order valence-electron chi connectivity index (χ0n) is 16.5. The standard InChI is InChI=1S/C20H26N4O3S/c1-4-26-17-8-14-7-12(2)27-18(14)9-15(17)10-21-19(25)11-28-20-23-22-13(3)24(20)16-5-6-16/h8-9,12,16H,4-7,10-11H2,1-3H3,(H,21,25)/t12-/m0/s1. The molecule has 2 heterocycles. The summed E-state index contributed by atoms with van der Waals surface area (Å²) in [6, 6.07) is 4.53. The molecule has 0 bridgehead atoms. The molecular weight excluding hydrogens is 376 g/mol. The first kappa shape index (κ1) is 19.1. The van der Waals surface area contributed by atoms with Gasteiger partial charge in [0.1, 0.15) is 23.4 Å². The third-order valence-electron chi connectivity index (χ3n) is 4.93. The Kier molecular flexibility index (Phi) is 5.48. The lowest BCUT2D eigenvalue weighted by atomic mass is 10.1. The molecule has 28 heavy (non-hydrogen) atoms. The second-order valence-electron chi connectivity index (χ2n) is 7.33. The topological polar surface area (TPSA) is 78.3 Å². The highest BCUT2D eigenvalue weighted by Crippen LogP contribution is 2.38. The molecule has 1 aliphatic carbocycles. The first-order valence-corrected chi connectivity index (χ1v) is 10.8. The van der Waals surface area contributed by atoms with E-state index in [0.717, 1.165) is 52.9 Å². The third kappa shape index (κ3) is 4.11. The van der Waals surface area contributed by atoms with Crippen LogP contribution < -0.4 is 14.8 Å². The molecule has 0 unspecified atom stereocenters. The van der Waals surface area contributed by atoms with Crippen LogP contribution in [0.15, 0.2) is 17.3 Å². The fourth-order valence-electron chi connectivity index (χ4n) is 3.49. The van der Waals surface area contributed by atoms with E-state index in [4.69, 9.17) is 9.47 Å². The molecular formula is C20H26N4O3S. The van der Waals surface area contributed by atoms with Crippen LogP contribution in [-0.4, -0.2) is 39.1 Å². The number of carbonyl (C=O) groups is 1. The SMILES string of the molecule is CCOc1cc2c(cc1CNC(=O)CSc1nnc(C)n1C1CC1)O[C@@H](C)C2. The minimum atomic E-state index is -0.0368.